The van der Waals surface area contributed by atoms with Gasteiger partial charge in [-0.15, -0.1) is 0 Å². The highest BCUT2D eigenvalue weighted by Gasteiger charge is 1.91. The molecule has 14 heavy (non-hydrogen) atoms. The second kappa shape index (κ2) is 6.01. The molecule has 0 atom stereocenters. The zero-order chi connectivity index (χ0) is 10.2. The van der Waals surface area contributed by atoms with E-state index in [-0.39, 0.29) is 0 Å². The lowest BCUT2D eigenvalue weighted by atomic mass is 10.3. The van der Waals surface area contributed by atoms with Crippen LogP contribution in [0.1, 0.15) is 5.56 Å². The van der Waals surface area contributed by atoms with Crippen LogP contribution in [0.3, 0.4) is 0 Å². The molecule has 0 aliphatic carbocycles. The smallest absolute Gasteiger partial charge is 0.187 e. The SMILES string of the molecule is CSc1ncc(C=CCN=[N+]=[N-])cn1. The Balaban J connectivity index is 2.59. The second-order valence-electron chi connectivity index (χ2n) is 2.32. The molecule has 0 bridgehead atoms. The molecule has 1 heterocycles. The molecule has 72 valence electrons. The molecule has 6 heteroatoms. The maximum Gasteiger partial charge on any atom is 0.187 e. The summed E-state index contributed by atoms with van der Waals surface area (Å²) >= 11 is 1.50. The Bertz CT molecular complexity index is 352. The zero-order valence-electron chi connectivity index (χ0n) is 7.66. The number of hydrogen-bond donors (Lipinski definition) is 0. The predicted molar refractivity (Wildman–Crippen MR) is 56.9 cm³/mol. The summed E-state index contributed by atoms with van der Waals surface area (Å²) in [6.45, 7) is 0.348. The average molecular weight is 207 g/mol. The van der Waals surface area contributed by atoms with Crippen molar-refractivity contribution in [3.05, 3.63) is 34.5 Å². The fourth-order valence-corrected chi connectivity index (χ4v) is 1.11. The van der Waals surface area contributed by atoms with Crippen LogP contribution in [-0.2, 0) is 0 Å². The van der Waals surface area contributed by atoms with Gasteiger partial charge in [0.2, 0.25) is 0 Å². The van der Waals surface area contributed by atoms with Crippen LogP contribution < -0.4 is 0 Å². The summed E-state index contributed by atoms with van der Waals surface area (Å²) < 4.78 is 0. The van der Waals surface area contributed by atoms with Gasteiger partial charge in [0.1, 0.15) is 0 Å². The summed E-state index contributed by atoms with van der Waals surface area (Å²) in [6, 6.07) is 0. The van der Waals surface area contributed by atoms with Gasteiger partial charge in [0.05, 0.1) is 0 Å². The lowest BCUT2D eigenvalue weighted by Crippen LogP contribution is -1.85. The van der Waals surface area contributed by atoms with Crippen LogP contribution in [0.15, 0.2) is 28.7 Å². The first-order valence-corrected chi connectivity index (χ1v) is 5.12. The highest BCUT2D eigenvalue weighted by atomic mass is 32.2. The summed E-state index contributed by atoms with van der Waals surface area (Å²) in [4.78, 5) is 10.8. The van der Waals surface area contributed by atoms with Gasteiger partial charge in [0.25, 0.3) is 0 Å². The van der Waals surface area contributed by atoms with Crippen molar-refractivity contribution in [2.75, 3.05) is 12.8 Å². The fraction of sp³-hybridized carbons (Fsp3) is 0.250. The Labute approximate surface area is 85.9 Å². The molecular weight excluding hydrogens is 198 g/mol. The monoisotopic (exact) mass is 207 g/mol. The molecule has 1 aromatic heterocycles. The van der Waals surface area contributed by atoms with E-state index >= 15 is 0 Å². The lowest BCUT2D eigenvalue weighted by Gasteiger charge is -1.94. The van der Waals surface area contributed by atoms with Gasteiger partial charge in [-0.05, 0) is 11.8 Å². The number of azide groups is 1. The van der Waals surface area contributed by atoms with Crippen LogP contribution in [0.5, 0.6) is 0 Å². The molecule has 1 rings (SSSR count). The van der Waals surface area contributed by atoms with Crippen molar-refractivity contribution in [3.8, 4) is 0 Å². The first-order chi connectivity index (χ1) is 6.86. The Morgan fingerprint density at radius 2 is 2.29 bits per heavy atom. The van der Waals surface area contributed by atoms with E-state index in [2.05, 4.69) is 20.0 Å². The number of nitrogens with zero attached hydrogens (tertiary/aromatic N) is 5. The maximum absolute atomic E-state index is 8.03. The zero-order valence-corrected chi connectivity index (χ0v) is 8.48. The molecule has 0 amide bonds. The summed E-state index contributed by atoms with van der Waals surface area (Å²) in [7, 11) is 0. The maximum atomic E-state index is 8.03. The molecule has 0 aliphatic heterocycles. The Morgan fingerprint density at radius 1 is 1.57 bits per heavy atom. The Kier molecular flexibility index (Phi) is 4.54. The molecule has 0 unspecified atom stereocenters. The molecule has 0 spiro atoms. The number of aromatic nitrogens is 2. The van der Waals surface area contributed by atoms with Crippen molar-refractivity contribution >= 4 is 17.8 Å². The van der Waals surface area contributed by atoms with E-state index in [1.165, 1.54) is 11.8 Å². The van der Waals surface area contributed by atoms with Crippen LogP contribution in [0, 0.1) is 0 Å². The second-order valence-corrected chi connectivity index (χ2v) is 3.09. The minimum absolute atomic E-state index is 0.348. The van der Waals surface area contributed by atoms with Gasteiger partial charge in [-0.2, -0.15) is 0 Å². The molecule has 0 N–H and O–H groups in total. The number of thioether (sulfide) groups is 1. The van der Waals surface area contributed by atoms with Crippen molar-refractivity contribution in [1.82, 2.24) is 9.97 Å². The van der Waals surface area contributed by atoms with Gasteiger partial charge >= 0.3 is 0 Å². The predicted octanol–water partition coefficient (Wildman–Crippen LogP) is 2.52. The molecule has 0 saturated carbocycles. The largest absolute Gasteiger partial charge is 0.231 e. The normalized spacial score (nSPS) is 10.1. The summed E-state index contributed by atoms with van der Waals surface area (Å²) in [5.41, 5.74) is 8.93. The third kappa shape index (κ3) is 3.47. The van der Waals surface area contributed by atoms with Crippen molar-refractivity contribution < 1.29 is 0 Å². The summed E-state index contributed by atoms with van der Waals surface area (Å²) in [6.07, 6.45) is 8.96. The van der Waals surface area contributed by atoms with Crippen LogP contribution >= 0.6 is 11.8 Å². The highest BCUT2D eigenvalue weighted by Crippen LogP contribution is 2.07. The fourth-order valence-electron chi connectivity index (χ4n) is 0.790. The minimum Gasteiger partial charge on any atom is -0.231 e. The van der Waals surface area contributed by atoms with E-state index in [0.717, 1.165) is 10.7 Å². The lowest BCUT2D eigenvalue weighted by molar-refractivity contribution is 0.965. The molecule has 5 nitrogen and oxygen atoms in total. The molecule has 0 saturated heterocycles. The Hall–Kier alpha value is -1.52. The molecule has 1 aromatic rings. The van der Waals surface area contributed by atoms with Crippen molar-refractivity contribution in [2.24, 2.45) is 5.11 Å². The molecule has 0 aromatic carbocycles. The van der Waals surface area contributed by atoms with Crippen LogP contribution in [0.2, 0.25) is 0 Å². The standard InChI is InChI=1S/C8H9N5S/c1-14-8-10-5-7(6-11-8)3-2-4-12-13-9/h2-3,5-6H,4H2,1H3. The van der Waals surface area contributed by atoms with Gasteiger partial charge in [0.15, 0.2) is 5.16 Å². The number of rotatable bonds is 4. The molecular formula is C8H9N5S. The molecule has 0 aliphatic rings. The van der Waals surface area contributed by atoms with Gasteiger partial charge < -0.3 is 0 Å². The summed E-state index contributed by atoms with van der Waals surface area (Å²) in [5.74, 6) is 0. The first-order valence-electron chi connectivity index (χ1n) is 3.90. The van der Waals surface area contributed by atoms with E-state index < -0.39 is 0 Å². The third-order valence-corrected chi connectivity index (χ3v) is 1.97. The van der Waals surface area contributed by atoms with E-state index in [0.29, 0.717) is 6.54 Å². The van der Waals surface area contributed by atoms with E-state index in [9.17, 15) is 0 Å². The van der Waals surface area contributed by atoms with Gasteiger partial charge in [0, 0.05) is 29.4 Å². The first kappa shape index (κ1) is 10.6. The van der Waals surface area contributed by atoms with E-state index in [1.807, 2.05) is 12.3 Å². The van der Waals surface area contributed by atoms with Gasteiger partial charge in [-0.25, -0.2) is 9.97 Å². The van der Waals surface area contributed by atoms with E-state index in [4.69, 9.17) is 5.53 Å². The minimum atomic E-state index is 0.348. The third-order valence-electron chi connectivity index (χ3n) is 1.39. The molecule has 0 fully saturated rings. The topological polar surface area (TPSA) is 74.5 Å². The van der Waals surface area contributed by atoms with Crippen LogP contribution in [-0.4, -0.2) is 22.8 Å². The van der Waals surface area contributed by atoms with Crippen molar-refractivity contribution in [1.29, 1.82) is 0 Å². The van der Waals surface area contributed by atoms with Gasteiger partial charge in [-0.3, -0.25) is 0 Å². The summed E-state index contributed by atoms with van der Waals surface area (Å²) in [5, 5.41) is 4.12. The highest BCUT2D eigenvalue weighted by molar-refractivity contribution is 7.98. The van der Waals surface area contributed by atoms with Crippen LogP contribution in [0.4, 0.5) is 0 Å². The van der Waals surface area contributed by atoms with Crippen molar-refractivity contribution in [2.45, 2.75) is 5.16 Å². The van der Waals surface area contributed by atoms with Crippen molar-refractivity contribution in [3.63, 3.8) is 0 Å². The van der Waals surface area contributed by atoms with Gasteiger partial charge in [-0.1, -0.05) is 29.0 Å². The Morgan fingerprint density at radius 3 is 2.86 bits per heavy atom. The van der Waals surface area contributed by atoms with Crippen LogP contribution in [0.25, 0.3) is 16.5 Å². The van der Waals surface area contributed by atoms with E-state index in [1.54, 1.807) is 18.5 Å². The molecule has 0 radical (unpaired) electrons. The number of hydrogen-bond acceptors (Lipinski definition) is 4. The average Bonchev–Trinajstić information content (AvgIpc) is 2.25. The quantitative estimate of drug-likeness (QED) is 0.250.